The number of nitrogens with one attached hydrogen (secondary N) is 1. The molecule has 0 aromatic heterocycles. The second-order valence-corrected chi connectivity index (χ2v) is 8.17. The molecule has 0 amide bonds. The molecule has 0 bridgehead atoms. The molecule has 0 radical (unpaired) electrons. The molecule has 1 fully saturated rings. The van der Waals surface area contributed by atoms with Gasteiger partial charge < -0.3 is 29.0 Å². The molecule has 0 spiro atoms. The lowest BCUT2D eigenvalue weighted by atomic mass is 9.95. The number of hydrogen-bond acceptors (Lipinski definition) is 11. The predicted molar refractivity (Wildman–Crippen MR) is 127 cm³/mol. The molecule has 1 N–H and O–H groups in total. The zero-order valence-corrected chi connectivity index (χ0v) is 21.2. The van der Waals surface area contributed by atoms with Crippen molar-refractivity contribution in [1.29, 1.82) is 0 Å². The number of carbonyl (C=O) groups excluding carboxylic acids is 5. The standard InChI is InChI=1S/C23H28N2O10S/c1-12(26)31-11-18(32-13(2)27)20(33-14(3)28)19-21(34-15(4)29)22(35-16(5)30)25(23(36)24-19)17-9-7-6-8-10-17/h6-10,18-22H,11H2,1-5H3,(H,24,36)/t18-,19+,20-,21-,22-/m1/s1. The summed E-state index contributed by atoms with van der Waals surface area (Å²) in [7, 11) is 0. The van der Waals surface area contributed by atoms with E-state index in [0.29, 0.717) is 5.69 Å². The summed E-state index contributed by atoms with van der Waals surface area (Å²) in [5, 5.41) is 2.98. The number of benzene rings is 1. The highest BCUT2D eigenvalue weighted by atomic mass is 32.1. The smallest absolute Gasteiger partial charge is 0.304 e. The Labute approximate surface area is 213 Å². The van der Waals surface area contributed by atoms with Gasteiger partial charge in [0.1, 0.15) is 12.6 Å². The molecule has 12 nitrogen and oxygen atoms in total. The molecule has 0 saturated carbocycles. The summed E-state index contributed by atoms with van der Waals surface area (Å²) in [5.74, 6) is -3.65. The summed E-state index contributed by atoms with van der Waals surface area (Å²) in [4.78, 5) is 60.9. The van der Waals surface area contributed by atoms with Crippen molar-refractivity contribution in [2.75, 3.05) is 11.5 Å². The first-order chi connectivity index (χ1) is 16.9. The van der Waals surface area contributed by atoms with Crippen molar-refractivity contribution in [3.63, 3.8) is 0 Å². The summed E-state index contributed by atoms with van der Waals surface area (Å²) in [6.45, 7) is 5.21. The molecule has 1 heterocycles. The van der Waals surface area contributed by atoms with E-state index in [1.807, 2.05) is 0 Å². The van der Waals surface area contributed by atoms with Gasteiger partial charge in [0.05, 0.1) is 0 Å². The maximum absolute atomic E-state index is 12.1. The number of para-hydroxylation sites is 1. The molecule has 196 valence electrons. The number of hydrogen-bond donors (Lipinski definition) is 1. The van der Waals surface area contributed by atoms with Gasteiger partial charge in [-0.1, -0.05) is 18.2 Å². The molecule has 1 aromatic carbocycles. The van der Waals surface area contributed by atoms with Gasteiger partial charge in [-0.15, -0.1) is 0 Å². The SMILES string of the molecule is CC(=O)OC[C@@H](OC(C)=O)[C@@H](OC(C)=O)[C@@H]1NC(=S)N(c2ccccc2)[C@H](OC(C)=O)[C@@H]1OC(C)=O. The van der Waals surface area contributed by atoms with Crippen LogP contribution in [0.25, 0.3) is 0 Å². The highest BCUT2D eigenvalue weighted by molar-refractivity contribution is 7.80. The number of anilines is 1. The van der Waals surface area contributed by atoms with E-state index in [2.05, 4.69) is 5.32 Å². The van der Waals surface area contributed by atoms with Crippen LogP contribution in [0.1, 0.15) is 34.6 Å². The number of thiocarbonyl (C=S) groups is 1. The van der Waals surface area contributed by atoms with Crippen LogP contribution in [0.15, 0.2) is 30.3 Å². The van der Waals surface area contributed by atoms with E-state index in [1.54, 1.807) is 30.3 Å². The van der Waals surface area contributed by atoms with Crippen LogP contribution in [-0.4, -0.2) is 72.1 Å². The molecule has 36 heavy (non-hydrogen) atoms. The summed E-state index contributed by atoms with van der Waals surface area (Å²) in [5.41, 5.74) is 0.511. The van der Waals surface area contributed by atoms with Gasteiger partial charge in [0, 0.05) is 40.3 Å². The first-order valence-corrected chi connectivity index (χ1v) is 11.3. The van der Waals surface area contributed by atoms with E-state index in [1.165, 1.54) is 11.8 Å². The molecule has 1 aliphatic heterocycles. The number of esters is 5. The molecule has 1 aliphatic rings. The Morgan fingerprint density at radius 2 is 1.44 bits per heavy atom. The molecule has 2 rings (SSSR count). The minimum Gasteiger partial charge on any atom is -0.462 e. The van der Waals surface area contributed by atoms with Gasteiger partial charge in [0.2, 0.25) is 6.23 Å². The first-order valence-electron chi connectivity index (χ1n) is 10.9. The maximum Gasteiger partial charge on any atom is 0.304 e. The first kappa shape index (κ1) is 28.5. The molecule has 0 unspecified atom stereocenters. The monoisotopic (exact) mass is 524 g/mol. The van der Waals surface area contributed by atoms with Crippen molar-refractivity contribution >= 4 is 52.9 Å². The van der Waals surface area contributed by atoms with Crippen molar-refractivity contribution in [2.45, 2.75) is 65.2 Å². The lowest BCUT2D eigenvalue weighted by Crippen LogP contribution is -2.71. The molecular weight excluding hydrogens is 496 g/mol. The third-order valence-corrected chi connectivity index (χ3v) is 5.13. The predicted octanol–water partition coefficient (Wildman–Crippen LogP) is 0.997. The Kier molecular flexibility index (Phi) is 10.1. The van der Waals surface area contributed by atoms with E-state index in [0.717, 1.165) is 27.7 Å². The fourth-order valence-corrected chi connectivity index (χ4v) is 3.99. The normalized spacial score (nSPS) is 20.8. The Hall–Kier alpha value is -3.74. The van der Waals surface area contributed by atoms with E-state index in [4.69, 9.17) is 35.9 Å². The van der Waals surface area contributed by atoms with Crippen LogP contribution in [0.2, 0.25) is 0 Å². The topological polar surface area (TPSA) is 147 Å². The lowest BCUT2D eigenvalue weighted by molar-refractivity contribution is -0.188. The largest absolute Gasteiger partial charge is 0.462 e. The van der Waals surface area contributed by atoms with Crippen LogP contribution in [0.5, 0.6) is 0 Å². The minimum absolute atomic E-state index is 0.0343. The van der Waals surface area contributed by atoms with Crippen LogP contribution in [-0.2, 0) is 47.7 Å². The molecular formula is C23H28N2O10S. The van der Waals surface area contributed by atoms with Crippen molar-refractivity contribution in [3.05, 3.63) is 30.3 Å². The summed E-state index contributed by atoms with van der Waals surface area (Å²) < 4.78 is 26.8. The third-order valence-electron chi connectivity index (χ3n) is 4.81. The average Bonchev–Trinajstić information content (AvgIpc) is 2.76. The third kappa shape index (κ3) is 7.90. The summed E-state index contributed by atoms with van der Waals surface area (Å²) >= 11 is 5.55. The van der Waals surface area contributed by atoms with E-state index in [-0.39, 0.29) is 5.11 Å². The Morgan fingerprint density at radius 3 is 1.94 bits per heavy atom. The maximum atomic E-state index is 12.1. The van der Waals surface area contributed by atoms with Crippen LogP contribution in [0.3, 0.4) is 0 Å². The molecule has 5 atom stereocenters. The fourth-order valence-electron chi connectivity index (χ4n) is 3.65. The van der Waals surface area contributed by atoms with Crippen molar-refractivity contribution in [3.8, 4) is 0 Å². The van der Waals surface area contributed by atoms with Gasteiger partial charge in [-0.2, -0.15) is 0 Å². The van der Waals surface area contributed by atoms with Gasteiger partial charge in [-0.05, 0) is 24.4 Å². The quantitative estimate of drug-likeness (QED) is 0.278. The van der Waals surface area contributed by atoms with Crippen molar-refractivity contribution < 1.29 is 47.7 Å². The number of ether oxygens (including phenoxy) is 5. The second kappa shape index (κ2) is 12.8. The molecule has 13 heteroatoms. The van der Waals surface area contributed by atoms with Crippen molar-refractivity contribution in [1.82, 2.24) is 5.32 Å². The Bertz CT molecular complexity index is 1000. The number of rotatable bonds is 9. The number of carbonyl (C=O) groups is 5. The zero-order chi connectivity index (χ0) is 27.0. The highest BCUT2D eigenvalue weighted by Gasteiger charge is 2.52. The summed E-state index contributed by atoms with van der Waals surface area (Å²) in [6.07, 6.45) is -5.32. The average molecular weight is 525 g/mol. The van der Waals surface area contributed by atoms with E-state index >= 15 is 0 Å². The zero-order valence-electron chi connectivity index (χ0n) is 20.4. The van der Waals surface area contributed by atoms with Crippen LogP contribution >= 0.6 is 12.2 Å². The Morgan fingerprint density at radius 1 is 0.861 bits per heavy atom. The van der Waals surface area contributed by atoms with Gasteiger partial charge in [-0.3, -0.25) is 28.9 Å². The molecule has 1 aromatic rings. The van der Waals surface area contributed by atoms with E-state index in [9.17, 15) is 24.0 Å². The summed E-state index contributed by atoms with van der Waals surface area (Å²) in [6, 6.07) is 7.44. The van der Waals surface area contributed by atoms with Crippen LogP contribution in [0, 0.1) is 0 Å². The van der Waals surface area contributed by atoms with Crippen LogP contribution in [0.4, 0.5) is 5.69 Å². The van der Waals surface area contributed by atoms with Crippen LogP contribution < -0.4 is 10.2 Å². The molecule has 1 saturated heterocycles. The van der Waals surface area contributed by atoms with Gasteiger partial charge in [-0.25, -0.2) is 0 Å². The lowest BCUT2D eigenvalue weighted by Gasteiger charge is -2.47. The van der Waals surface area contributed by atoms with Gasteiger partial charge in [0.15, 0.2) is 23.4 Å². The second-order valence-electron chi connectivity index (χ2n) is 7.78. The van der Waals surface area contributed by atoms with Gasteiger partial charge in [0.25, 0.3) is 0 Å². The molecule has 0 aliphatic carbocycles. The highest BCUT2D eigenvalue weighted by Crippen LogP contribution is 2.30. The van der Waals surface area contributed by atoms with E-state index < -0.39 is 67.0 Å². The Balaban J connectivity index is 2.62. The van der Waals surface area contributed by atoms with Gasteiger partial charge >= 0.3 is 29.8 Å². The number of nitrogens with zero attached hydrogens (tertiary/aromatic N) is 1. The fraction of sp³-hybridized carbons (Fsp3) is 0.478. The minimum atomic E-state index is -1.39. The van der Waals surface area contributed by atoms with Crippen molar-refractivity contribution in [2.24, 2.45) is 0 Å².